The van der Waals surface area contributed by atoms with E-state index in [1.54, 1.807) is 27.7 Å². The predicted octanol–water partition coefficient (Wildman–Crippen LogP) is 5.57. The molecule has 1 aliphatic heterocycles. The van der Waals surface area contributed by atoms with Gasteiger partial charge in [0.25, 0.3) is 0 Å². The minimum absolute atomic E-state index is 0.316. The molecule has 6 heteroatoms. The van der Waals surface area contributed by atoms with Crippen molar-refractivity contribution in [1.82, 2.24) is 4.90 Å². The number of ether oxygens (including phenoxy) is 2. The highest BCUT2D eigenvalue weighted by Gasteiger charge is 2.54. The van der Waals surface area contributed by atoms with Gasteiger partial charge in [-0.1, -0.05) is 49.4 Å². The Balaban J connectivity index is 1.82. The zero-order chi connectivity index (χ0) is 22.6. The van der Waals surface area contributed by atoms with Crippen molar-refractivity contribution in [2.24, 2.45) is 0 Å². The van der Waals surface area contributed by atoms with Gasteiger partial charge in [-0.2, -0.15) is 0 Å². The van der Waals surface area contributed by atoms with Gasteiger partial charge < -0.3 is 14.6 Å². The van der Waals surface area contributed by atoms with Gasteiger partial charge in [0.05, 0.1) is 6.04 Å². The third-order valence-electron chi connectivity index (χ3n) is 5.69. The van der Waals surface area contributed by atoms with Crippen LogP contribution in [0.15, 0.2) is 54.6 Å². The molecule has 2 atom stereocenters. The van der Waals surface area contributed by atoms with Gasteiger partial charge in [0.1, 0.15) is 23.5 Å². The van der Waals surface area contributed by atoms with E-state index in [9.17, 15) is 14.7 Å². The van der Waals surface area contributed by atoms with E-state index in [0.29, 0.717) is 25.9 Å². The largest absolute Gasteiger partial charge is 0.489 e. The fourth-order valence-electron chi connectivity index (χ4n) is 4.09. The standard InChI is InChI=1S/C25H31NO5/c1-5-25(22(27)28)16-15-21(26(25)23(29)31-24(2,3)4)19-11-13-20(14-12-19)30-17-18-9-7-6-8-10-18/h6-14,21H,5,15-17H2,1-4H3,(H,27,28). The fourth-order valence-corrected chi connectivity index (χ4v) is 4.09. The molecule has 31 heavy (non-hydrogen) atoms. The molecular formula is C25H31NO5. The molecule has 0 aromatic heterocycles. The molecule has 0 bridgehead atoms. The lowest BCUT2D eigenvalue weighted by Gasteiger charge is -2.38. The van der Waals surface area contributed by atoms with Gasteiger partial charge in [0.2, 0.25) is 0 Å². The maximum absolute atomic E-state index is 13.1. The molecule has 2 unspecified atom stereocenters. The van der Waals surface area contributed by atoms with Crippen molar-refractivity contribution in [3.63, 3.8) is 0 Å². The quantitative estimate of drug-likeness (QED) is 0.655. The summed E-state index contributed by atoms with van der Waals surface area (Å²) in [6.07, 6.45) is 0.665. The van der Waals surface area contributed by atoms with Crippen LogP contribution in [0, 0.1) is 0 Å². The summed E-state index contributed by atoms with van der Waals surface area (Å²) in [5.41, 5.74) is -0.0329. The van der Waals surface area contributed by atoms with Crippen LogP contribution in [-0.4, -0.2) is 33.2 Å². The van der Waals surface area contributed by atoms with E-state index in [-0.39, 0.29) is 6.04 Å². The number of carbonyl (C=O) groups is 2. The Morgan fingerprint density at radius 1 is 1.10 bits per heavy atom. The van der Waals surface area contributed by atoms with E-state index in [2.05, 4.69) is 0 Å². The number of aliphatic carboxylic acids is 1. The van der Waals surface area contributed by atoms with E-state index in [4.69, 9.17) is 9.47 Å². The molecule has 1 saturated heterocycles. The number of amides is 1. The number of hydrogen-bond donors (Lipinski definition) is 1. The molecule has 166 valence electrons. The Morgan fingerprint density at radius 3 is 2.29 bits per heavy atom. The molecular weight excluding hydrogens is 394 g/mol. The lowest BCUT2D eigenvalue weighted by molar-refractivity contribution is -0.150. The molecule has 0 aliphatic carbocycles. The number of carboxylic acids is 1. The lowest BCUT2D eigenvalue weighted by atomic mass is 9.93. The number of nitrogens with zero attached hydrogens (tertiary/aromatic N) is 1. The number of likely N-dealkylation sites (tertiary alicyclic amines) is 1. The number of carboxylic acid groups (broad SMARTS) is 1. The smallest absolute Gasteiger partial charge is 0.411 e. The van der Waals surface area contributed by atoms with E-state index in [0.717, 1.165) is 16.9 Å². The molecule has 1 heterocycles. The maximum Gasteiger partial charge on any atom is 0.411 e. The van der Waals surface area contributed by atoms with Gasteiger partial charge in [-0.05, 0) is 63.3 Å². The Morgan fingerprint density at radius 2 is 1.74 bits per heavy atom. The summed E-state index contributed by atoms with van der Waals surface area (Å²) in [5, 5.41) is 10.00. The third kappa shape index (κ3) is 5.01. The van der Waals surface area contributed by atoms with Crippen LogP contribution in [-0.2, 0) is 16.1 Å². The summed E-state index contributed by atoms with van der Waals surface area (Å²) in [7, 11) is 0. The van der Waals surface area contributed by atoms with E-state index < -0.39 is 23.2 Å². The van der Waals surface area contributed by atoms with Gasteiger partial charge in [-0.15, -0.1) is 0 Å². The van der Waals surface area contributed by atoms with E-state index >= 15 is 0 Å². The average molecular weight is 426 g/mol. The molecule has 1 N–H and O–H groups in total. The first-order valence-electron chi connectivity index (χ1n) is 10.7. The second-order valence-electron chi connectivity index (χ2n) is 8.94. The Bertz CT molecular complexity index is 904. The molecule has 0 saturated carbocycles. The fraction of sp³-hybridized carbons (Fsp3) is 0.440. The number of carbonyl (C=O) groups excluding carboxylic acids is 1. The molecule has 1 amide bonds. The van der Waals surface area contributed by atoms with E-state index in [1.165, 1.54) is 4.90 Å². The van der Waals surface area contributed by atoms with Crippen LogP contribution in [0.1, 0.15) is 64.1 Å². The monoisotopic (exact) mass is 425 g/mol. The summed E-state index contributed by atoms with van der Waals surface area (Å²) < 4.78 is 11.4. The number of rotatable bonds is 6. The highest BCUT2D eigenvalue weighted by molar-refractivity contribution is 5.85. The summed E-state index contributed by atoms with van der Waals surface area (Å²) in [4.78, 5) is 26.7. The van der Waals surface area contributed by atoms with Crippen LogP contribution < -0.4 is 4.74 Å². The van der Waals surface area contributed by atoms with Gasteiger partial charge in [0.15, 0.2) is 0 Å². The van der Waals surface area contributed by atoms with Crippen molar-refractivity contribution >= 4 is 12.1 Å². The van der Waals surface area contributed by atoms with Crippen LogP contribution in [0.2, 0.25) is 0 Å². The maximum atomic E-state index is 13.1. The summed E-state index contributed by atoms with van der Waals surface area (Å²) in [6, 6.07) is 17.1. The molecule has 1 fully saturated rings. The highest BCUT2D eigenvalue weighted by atomic mass is 16.6. The molecule has 0 spiro atoms. The third-order valence-corrected chi connectivity index (χ3v) is 5.69. The van der Waals surface area contributed by atoms with E-state index in [1.807, 2.05) is 54.6 Å². The highest BCUT2D eigenvalue weighted by Crippen LogP contribution is 2.45. The zero-order valence-electron chi connectivity index (χ0n) is 18.6. The predicted molar refractivity (Wildman–Crippen MR) is 118 cm³/mol. The average Bonchev–Trinajstić information content (AvgIpc) is 3.13. The SMILES string of the molecule is CCC1(C(=O)O)CCC(c2ccc(OCc3ccccc3)cc2)N1C(=O)OC(C)(C)C. The number of hydrogen-bond acceptors (Lipinski definition) is 4. The van der Waals surface area contributed by atoms with Gasteiger partial charge in [-0.3, -0.25) is 4.90 Å². The van der Waals surface area contributed by atoms with Gasteiger partial charge >= 0.3 is 12.1 Å². The van der Waals surface area contributed by atoms with Crippen molar-refractivity contribution in [2.75, 3.05) is 0 Å². The second kappa shape index (κ2) is 9.00. The van der Waals surface area contributed by atoms with Gasteiger partial charge in [0, 0.05) is 0 Å². The minimum atomic E-state index is -1.27. The van der Waals surface area contributed by atoms with Crippen LogP contribution in [0.5, 0.6) is 5.75 Å². The minimum Gasteiger partial charge on any atom is -0.489 e. The summed E-state index contributed by atoms with van der Waals surface area (Å²) in [5.74, 6) is -0.277. The molecule has 2 aromatic rings. The number of benzene rings is 2. The van der Waals surface area contributed by atoms with Gasteiger partial charge in [-0.25, -0.2) is 9.59 Å². The first-order valence-corrected chi connectivity index (χ1v) is 10.7. The first-order chi connectivity index (χ1) is 14.7. The molecule has 3 rings (SSSR count). The first kappa shape index (κ1) is 22.7. The van der Waals surface area contributed by atoms with Crippen LogP contribution in [0.3, 0.4) is 0 Å². The van der Waals surface area contributed by atoms with Crippen molar-refractivity contribution in [3.8, 4) is 5.75 Å². The molecule has 6 nitrogen and oxygen atoms in total. The van der Waals surface area contributed by atoms with Crippen LogP contribution in [0.25, 0.3) is 0 Å². The topological polar surface area (TPSA) is 76.1 Å². The van der Waals surface area contributed by atoms with Crippen molar-refractivity contribution < 1.29 is 24.2 Å². The normalized spacial score (nSPS) is 21.0. The zero-order valence-corrected chi connectivity index (χ0v) is 18.6. The van der Waals surface area contributed by atoms with Crippen LogP contribution in [0.4, 0.5) is 4.79 Å². The van der Waals surface area contributed by atoms with Crippen molar-refractivity contribution in [2.45, 2.75) is 70.7 Å². The molecule has 1 aliphatic rings. The van der Waals surface area contributed by atoms with Crippen molar-refractivity contribution in [1.29, 1.82) is 0 Å². The van der Waals surface area contributed by atoms with Crippen LogP contribution >= 0.6 is 0 Å². The molecule has 0 radical (unpaired) electrons. The van der Waals surface area contributed by atoms with Crippen molar-refractivity contribution in [3.05, 3.63) is 65.7 Å². The summed E-state index contributed by atoms with van der Waals surface area (Å²) >= 11 is 0. The lowest BCUT2D eigenvalue weighted by Crippen LogP contribution is -2.54. The second-order valence-corrected chi connectivity index (χ2v) is 8.94. The molecule has 2 aromatic carbocycles. The Kier molecular flexibility index (Phi) is 6.58. The Labute approximate surface area is 183 Å². The Hall–Kier alpha value is -3.02. The summed E-state index contributed by atoms with van der Waals surface area (Å²) in [6.45, 7) is 7.61.